The lowest BCUT2D eigenvalue weighted by Gasteiger charge is -2.20. The van der Waals surface area contributed by atoms with Crippen LogP contribution in [0.4, 0.5) is 11.5 Å². The summed E-state index contributed by atoms with van der Waals surface area (Å²) in [4.78, 5) is 6.87. The number of nitrogens with zero attached hydrogens (tertiary/aromatic N) is 2. The Balaban J connectivity index is 1.77. The number of likely N-dealkylation sites (tertiary alicyclic amines) is 1. The summed E-state index contributed by atoms with van der Waals surface area (Å²) in [6.07, 6.45) is 7.19. The van der Waals surface area contributed by atoms with Gasteiger partial charge in [0.15, 0.2) is 0 Å². The Morgan fingerprint density at radius 2 is 2.00 bits per heavy atom. The van der Waals surface area contributed by atoms with Crippen LogP contribution in [0.5, 0.6) is 0 Å². The Hall–Kier alpha value is -1.29. The number of nitrogen functional groups attached to an aromatic ring is 1. The second-order valence-electron chi connectivity index (χ2n) is 5.12. The fraction of sp³-hybridized carbons (Fsp3) is 0.643. The number of pyridine rings is 1. The molecule has 0 aromatic carbocycles. The minimum Gasteiger partial charge on any atom is -0.397 e. The third-order valence-electron chi connectivity index (χ3n) is 3.52. The standard InChI is InChI=1S/C14H24N4/c1-12-10-13(15)11-17-14(12)16-6-9-18-7-4-2-3-5-8-18/h10-11H,2-9,15H2,1H3,(H,16,17). The van der Waals surface area contributed by atoms with Crippen LogP contribution < -0.4 is 11.1 Å². The van der Waals surface area contributed by atoms with Crippen LogP contribution in [0.2, 0.25) is 0 Å². The number of hydrogen-bond donors (Lipinski definition) is 2. The van der Waals surface area contributed by atoms with Gasteiger partial charge in [0.25, 0.3) is 0 Å². The highest BCUT2D eigenvalue weighted by atomic mass is 15.1. The predicted molar refractivity (Wildman–Crippen MR) is 76.8 cm³/mol. The SMILES string of the molecule is Cc1cc(N)cnc1NCCN1CCCCCC1. The van der Waals surface area contributed by atoms with Gasteiger partial charge in [-0.05, 0) is 44.5 Å². The van der Waals surface area contributed by atoms with Crippen LogP contribution in [-0.2, 0) is 0 Å². The van der Waals surface area contributed by atoms with Crippen LogP contribution in [0.1, 0.15) is 31.2 Å². The first-order valence-electron chi connectivity index (χ1n) is 6.94. The average molecular weight is 248 g/mol. The maximum absolute atomic E-state index is 5.69. The van der Waals surface area contributed by atoms with Crippen LogP contribution in [0.3, 0.4) is 0 Å². The topological polar surface area (TPSA) is 54.2 Å². The summed E-state index contributed by atoms with van der Waals surface area (Å²) in [5.74, 6) is 0.957. The summed E-state index contributed by atoms with van der Waals surface area (Å²) in [6, 6.07) is 1.96. The van der Waals surface area contributed by atoms with E-state index in [-0.39, 0.29) is 0 Å². The first-order chi connectivity index (χ1) is 8.75. The molecule has 18 heavy (non-hydrogen) atoms. The molecule has 0 unspecified atom stereocenters. The van der Waals surface area contributed by atoms with E-state index in [0.29, 0.717) is 0 Å². The van der Waals surface area contributed by atoms with Crippen molar-refractivity contribution in [3.8, 4) is 0 Å². The predicted octanol–water partition coefficient (Wildman–Crippen LogP) is 2.26. The van der Waals surface area contributed by atoms with Crippen molar-refractivity contribution in [2.24, 2.45) is 0 Å². The van der Waals surface area contributed by atoms with Crippen molar-refractivity contribution in [1.82, 2.24) is 9.88 Å². The van der Waals surface area contributed by atoms with E-state index >= 15 is 0 Å². The Labute approximate surface area is 110 Å². The van der Waals surface area contributed by atoms with E-state index in [1.54, 1.807) is 6.20 Å². The minimum atomic E-state index is 0.727. The zero-order chi connectivity index (χ0) is 12.8. The molecule has 0 spiro atoms. The van der Waals surface area contributed by atoms with Crippen molar-refractivity contribution in [3.63, 3.8) is 0 Å². The Morgan fingerprint density at radius 1 is 1.28 bits per heavy atom. The first-order valence-corrected chi connectivity index (χ1v) is 6.94. The molecule has 3 N–H and O–H groups in total. The van der Waals surface area contributed by atoms with Gasteiger partial charge in [0.1, 0.15) is 5.82 Å². The lowest BCUT2D eigenvalue weighted by Crippen LogP contribution is -2.30. The van der Waals surface area contributed by atoms with Crippen molar-refractivity contribution in [1.29, 1.82) is 0 Å². The lowest BCUT2D eigenvalue weighted by atomic mass is 10.2. The zero-order valence-electron chi connectivity index (χ0n) is 11.3. The van der Waals surface area contributed by atoms with E-state index in [4.69, 9.17) is 5.73 Å². The molecule has 1 saturated heterocycles. The van der Waals surface area contributed by atoms with Gasteiger partial charge in [-0.1, -0.05) is 12.8 Å². The fourth-order valence-electron chi connectivity index (χ4n) is 2.47. The summed E-state index contributed by atoms with van der Waals surface area (Å²) in [7, 11) is 0. The van der Waals surface area contributed by atoms with E-state index in [1.807, 2.05) is 13.0 Å². The van der Waals surface area contributed by atoms with Crippen molar-refractivity contribution in [2.45, 2.75) is 32.6 Å². The smallest absolute Gasteiger partial charge is 0.129 e. The molecule has 0 atom stereocenters. The quantitative estimate of drug-likeness (QED) is 0.858. The van der Waals surface area contributed by atoms with Gasteiger partial charge in [-0.3, -0.25) is 0 Å². The Morgan fingerprint density at radius 3 is 2.67 bits per heavy atom. The number of aromatic nitrogens is 1. The summed E-state index contributed by atoms with van der Waals surface area (Å²) in [5.41, 5.74) is 7.54. The van der Waals surface area contributed by atoms with E-state index in [2.05, 4.69) is 15.2 Å². The van der Waals surface area contributed by atoms with Gasteiger partial charge in [0.05, 0.1) is 11.9 Å². The van der Waals surface area contributed by atoms with Crippen LogP contribution in [0, 0.1) is 6.92 Å². The molecule has 0 aliphatic carbocycles. The molecular weight excluding hydrogens is 224 g/mol. The monoisotopic (exact) mass is 248 g/mol. The van der Waals surface area contributed by atoms with Gasteiger partial charge >= 0.3 is 0 Å². The molecule has 2 heterocycles. The minimum absolute atomic E-state index is 0.727. The van der Waals surface area contributed by atoms with Crippen molar-refractivity contribution in [3.05, 3.63) is 17.8 Å². The third-order valence-corrected chi connectivity index (χ3v) is 3.52. The molecule has 0 bridgehead atoms. The first kappa shape index (κ1) is 13.1. The molecule has 1 fully saturated rings. The Bertz CT molecular complexity index is 370. The van der Waals surface area contributed by atoms with Crippen LogP contribution in [0.15, 0.2) is 12.3 Å². The molecule has 4 heteroatoms. The molecule has 2 rings (SSSR count). The fourth-order valence-corrected chi connectivity index (χ4v) is 2.47. The van der Waals surface area contributed by atoms with Crippen molar-refractivity contribution in [2.75, 3.05) is 37.2 Å². The van der Waals surface area contributed by atoms with Gasteiger partial charge in [0, 0.05) is 13.1 Å². The van der Waals surface area contributed by atoms with Gasteiger partial charge < -0.3 is 16.0 Å². The van der Waals surface area contributed by atoms with Gasteiger partial charge in [-0.25, -0.2) is 4.98 Å². The van der Waals surface area contributed by atoms with Gasteiger partial charge in [0.2, 0.25) is 0 Å². The van der Waals surface area contributed by atoms with E-state index in [1.165, 1.54) is 38.8 Å². The second kappa shape index (κ2) is 6.59. The number of nitrogens with one attached hydrogen (secondary N) is 1. The number of rotatable bonds is 4. The van der Waals surface area contributed by atoms with Crippen molar-refractivity contribution >= 4 is 11.5 Å². The Kier molecular flexibility index (Phi) is 4.81. The molecule has 0 radical (unpaired) electrons. The molecule has 1 aromatic rings. The summed E-state index contributed by atoms with van der Waals surface area (Å²) in [5, 5.41) is 3.40. The maximum atomic E-state index is 5.69. The highest BCUT2D eigenvalue weighted by molar-refractivity contribution is 5.50. The van der Waals surface area contributed by atoms with Gasteiger partial charge in [-0.15, -0.1) is 0 Å². The highest BCUT2D eigenvalue weighted by Gasteiger charge is 2.08. The number of anilines is 2. The summed E-state index contributed by atoms with van der Waals surface area (Å²) in [6.45, 7) is 6.59. The number of hydrogen-bond acceptors (Lipinski definition) is 4. The highest BCUT2D eigenvalue weighted by Crippen LogP contribution is 2.14. The molecule has 1 aromatic heterocycles. The zero-order valence-corrected chi connectivity index (χ0v) is 11.3. The van der Waals surface area contributed by atoms with Crippen LogP contribution >= 0.6 is 0 Å². The maximum Gasteiger partial charge on any atom is 0.129 e. The summed E-state index contributed by atoms with van der Waals surface area (Å²) < 4.78 is 0. The van der Waals surface area contributed by atoms with E-state index in [9.17, 15) is 0 Å². The van der Waals surface area contributed by atoms with Crippen LogP contribution in [0.25, 0.3) is 0 Å². The molecule has 100 valence electrons. The number of nitrogens with two attached hydrogens (primary N) is 1. The van der Waals surface area contributed by atoms with Crippen molar-refractivity contribution < 1.29 is 0 Å². The lowest BCUT2D eigenvalue weighted by molar-refractivity contribution is 0.296. The van der Waals surface area contributed by atoms with Crippen LogP contribution in [-0.4, -0.2) is 36.1 Å². The normalized spacial score (nSPS) is 17.4. The molecule has 0 amide bonds. The van der Waals surface area contributed by atoms with E-state index in [0.717, 1.165) is 30.2 Å². The second-order valence-corrected chi connectivity index (χ2v) is 5.12. The largest absolute Gasteiger partial charge is 0.397 e. The molecule has 1 aliphatic rings. The molecule has 0 saturated carbocycles. The van der Waals surface area contributed by atoms with Gasteiger partial charge in [-0.2, -0.15) is 0 Å². The average Bonchev–Trinajstić information content (AvgIpc) is 2.60. The molecular formula is C14H24N4. The molecule has 1 aliphatic heterocycles. The number of aryl methyl sites for hydroxylation is 1. The third kappa shape index (κ3) is 3.88. The summed E-state index contributed by atoms with van der Waals surface area (Å²) >= 11 is 0. The molecule has 4 nitrogen and oxygen atoms in total. The van der Waals surface area contributed by atoms with E-state index < -0.39 is 0 Å².